The molecule has 1 aliphatic heterocycles. The summed E-state index contributed by atoms with van der Waals surface area (Å²) in [7, 11) is -3.89. The molecule has 1 fully saturated rings. The SMILES string of the molecule is NS(=O)(=O)c1ccc(Cl)c(C(=O)OCC2CCOCC2)c1. The number of benzene rings is 1. The number of ether oxygens (including phenoxy) is 2. The van der Waals surface area contributed by atoms with Crippen molar-refractivity contribution in [3.05, 3.63) is 28.8 Å². The first-order valence-electron chi connectivity index (χ1n) is 6.45. The fraction of sp³-hybridized carbons (Fsp3) is 0.462. The second kappa shape index (κ2) is 6.74. The molecule has 0 bridgehead atoms. The van der Waals surface area contributed by atoms with Crippen LogP contribution in [0.1, 0.15) is 23.2 Å². The minimum atomic E-state index is -3.89. The summed E-state index contributed by atoms with van der Waals surface area (Å²) in [6, 6.07) is 3.68. The second-order valence-electron chi connectivity index (χ2n) is 4.84. The molecule has 1 saturated heterocycles. The number of sulfonamides is 1. The van der Waals surface area contributed by atoms with Crippen molar-refractivity contribution in [3.8, 4) is 0 Å². The Bertz CT molecular complexity index is 625. The van der Waals surface area contributed by atoms with Crippen LogP contribution in [0.5, 0.6) is 0 Å². The molecule has 1 aromatic carbocycles. The molecule has 0 radical (unpaired) electrons. The maximum Gasteiger partial charge on any atom is 0.339 e. The molecule has 1 heterocycles. The molecule has 0 aliphatic carbocycles. The highest BCUT2D eigenvalue weighted by Gasteiger charge is 2.20. The Kier molecular flexibility index (Phi) is 5.21. The van der Waals surface area contributed by atoms with Gasteiger partial charge in [-0.3, -0.25) is 0 Å². The van der Waals surface area contributed by atoms with Gasteiger partial charge in [0, 0.05) is 13.2 Å². The molecular weight excluding hydrogens is 318 g/mol. The van der Waals surface area contributed by atoms with Gasteiger partial charge in [0.15, 0.2) is 0 Å². The number of esters is 1. The van der Waals surface area contributed by atoms with E-state index in [1.165, 1.54) is 12.1 Å². The van der Waals surface area contributed by atoms with Crippen molar-refractivity contribution < 1.29 is 22.7 Å². The number of nitrogens with two attached hydrogens (primary N) is 1. The van der Waals surface area contributed by atoms with Gasteiger partial charge in [0.2, 0.25) is 10.0 Å². The largest absolute Gasteiger partial charge is 0.462 e. The number of carbonyl (C=O) groups is 1. The molecule has 0 spiro atoms. The molecule has 21 heavy (non-hydrogen) atoms. The zero-order chi connectivity index (χ0) is 15.5. The summed E-state index contributed by atoms with van der Waals surface area (Å²) < 4.78 is 33.0. The van der Waals surface area contributed by atoms with E-state index in [4.69, 9.17) is 26.2 Å². The molecule has 0 saturated carbocycles. The Balaban J connectivity index is 2.07. The summed E-state index contributed by atoms with van der Waals surface area (Å²) in [4.78, 5) is 11.8. The summed E-state index contributed by atoms with van der Waals surface area (Å²) >= 11 is 5.91. The highest BCUT2D eigenvalue weighted by Crippen LogP contribution is 2.22. The number of halogens is 1. The molecule has 8 heteroatoms. The lowest BCUT2D eigenvalue weighted by Crippen LogP contribution is -2.22. The zero-order valence-electron chi connectivity index (χ0n) is 11.2. The van der Waals surface area contributed by atoms with E-state index in [1.54, 1.807) is 0 Å². The predicted molar refractivity (Wildman–Crippen MR) is 76.7 cm³/mol. The summed E-state index contributed by atoms with van der Waals surface area (Å²) in [6.07, 6.45) is 1.66. The van der Waals surface area contributed by atoms with E-state index in [2.05, 4.69) is 0 Å². The number of hydrogen-bond acceptors (Lipinski definition) is 5. The summed E-state index contributed by atoms with van der Waals surface area (Å²) in [5.74, 6) is -0.403. The Morgan fingerprint density at radius 1 is 1.38 bits per heavy atom. The highest BCUT2D eigenvalue weighted by molar-refractivity contribution is 7.89. The first kappa shape index (κ1) is 16.2. The lowest BCUT2D eigenvalue weighted by Gasteiger charge is -2.21. The van der Waals surface area contributed by atoms with Gasteiger partial charge in [0.05, 0.1) is 22.1 Å². The van der Waals surface area contributed by atoms with Crippen LogP contribution in [-0.2, 0) is 19.5 Å². The van der Waals surface area contributed by atoms with E-state index >= 15 is 0 Å². The third-order valence-electron chi connectivity index (χ3n) is 3.28. The third-order valence-corrected chi connectivity index (χ3v) is 4.52. The molecule has 0 atom stereocenters. The fourth-order valence-corrected chi connectivity index (χ4v) is 2.76. The molecule has 2 rings (SSSR count). The molecule has 0 aromatic heterocycles. The standard InChI is InChI=1S/C13H16ClNO5S/c14-12-2-1-10(21(15,17)18)7-11(12)13(16)20-8-9-3-5-19-6-4-9/h1-2,7,9H,3-6,8H2,(H2,15,17,18). The van der Waals surface area contributed by atoms with Gasteiger partial charge >= 0.3 is 5.97 Å². The lowest BCUT2D eigenvalue weighted by atomic mass is 10.0. The average molecular weight is 334 g/mol. The van der Waals surface area contributed by atoms with E-state index in [0.717, 1.165) is 18.9 Å². The van der Waals surface area contributed by atoms with Gasteiger partial charge in [-0.1, -0.05) is 11.6 Å². The van der Waals surface area contributed by atoms with Crippen LogP contribution in [0, 0.1) is 5.92 Å². The predicted octanol–water partition coefficient (Wildman–Crippen LogP) is 1.57. The van der Waals surface area contributed by atoms with Crippen molar-refractivity contribution >= 4 is 27.6 Å². The maximum absolute atomic E-state index is 12.0. The monoisotopic (exact) mass is 333 g/mol. The second-order valence-corrected chi connectivity index (χ2v) is 6.81. The molecule has 1 aliphatic rings. The van der Waals surface area contributed by atoms with E-state index in [9.17, 15) is 13.2 Å². The first-order chi connectivity index (χ1) is 9.88. The van der Waals surface area contributed by atoms with Gasteiger partial charge in [-0.05, 0) is 37.0 Å². The van der Waals surface area contributed by atoms with Crippen molar-refractivity contribution in [3.63, 3.8) is 0 Å². The summed E-state index contributed by atoms with van der Waals surface area (Å²) in [6.45, 7) is 1.58. The van der Waals surface area contributed by atoms with Gasteiger partial charge in [-0.15, -0.1) is 0 Å². The van der Waals surface area contributed by atoms with Crippen LogP contribution in [0.3, 0.4) is 0 Å². The maximum atomic E-state index is 12.0. The van der Waals surface area contributed by atoms with Crippen molar-refractivity contribution in [2.45, 2.75) is 17.7 Å². The normalized spacial score (nSPS) is 16.7. The van der Waals surface area contributed by atoms with Crippen molar-refractivity contribution in [2.24, 2.45) is 11.1 Å². The van der Waals surface area contributed by atoms with E-state index in [0.29, 0.717) is 13.2 Å². The minimum Gasteiger partial charge on any atom is -0.462 e. The smallest absolute Gasteiger partial charge is 0.339 e. The Morgan fingerprint density at radius 3 is 2.67 bits per heavy atom. The molecule has 116 valence electrons. The number of primary sulfonamides is 1. The molecule has 0 amide bonds. The zero-order valence-corrected chi connectivity index (χ0v) is 12.8. The van der Waals surface area contributed by atoms with Gasteiger partial charge in [0.25, 0.3) is 0 Å². The van der Waals surface area contributed by atoms with E-state index in [1.807, 2.05) is 0 Å². The van der Waals surface area contributed by atoms with Crippen LogP contribution in [0.4, 0.5) is 0 Å². The van der Waals surface area contributed by atoms with Gasteiger partial charge in [0.1, 0.15) is 0 Å². The summed E-state index contributed by atoms with van der Waals surface area (Å²) in [5.41, 5.74) is -0.00440. The van der Waals surface area contributed by atoms with Crippen LogP contribution in [0.25, 0.3) is 0 Å². The minimum absolute atomic E-state index is 0.00440. The number of carbonyl (C=O) groups excluding carboxylic acids is 1. The van der Waals surface area contributed by atoms with Crippen LogP contribution in [-0.4, -0.2) is 34.2 Å². The number of hydrogen-bond donors (Lipinski definition) is 1. The quantitative estimate of drug-likeness (QED) is 0.844. The number of rotatable bonds is 4. The first-order valence-corrected chi connectivity index (χ1v) is 8.37. The van der Waals surface area contributed by atoms with Crippen LogP contribution < -0.4 is 5.14 Å². The third kappa shape index (κ3) is 4.41. The van der Waals surface area contributed by atoms with Crippen LogP contribution in [0.15, 0.2) is 23.1 Å². The molecule has 6 nitrogen and oxygen atoms in total. The van der Waals surface area contributed by atoms with Crippen LogP contribution in [0.2, 0.25) is 5.02 Å². The Labute approximate surface area is 128 Å². The Morgan fingerprint density at radius 2 is 2.05 bits per heavy atom. The molecule has 0 unspecified atom stereocenters. The molecular formula is C13H16ClNO5S. The highest BCUT2D eigenvalue weighted by atomic mass is 35.5. The van der Waals surface area contributed by atoms with E-state index in [-0.39, 0.29) is 28.0 Å². The lowest BCUT2D eigenvalue weighted by molar-refractivity contribution is 0.0185. The summed E-state index contributed by atoms with van der Waals surface area (Å²) in [5, 5.41) is 5.15. The molecule has 1 aromatic rings. The topological polar surface area (TPSA) is 95.7 Å². The van der Waals surface area contributed by atoms with Crippen molar-refractivity contribution in [1.29, 1.82) is 0 Å². The van der Waals surface area contributed by atoms with Gasteiger partial charge in [-0.2, -0.15) is 0 Å². The van der Waals surface area contributed by atoms with Gasteiger partial charge in [-0.25, -0.2) is 18.4 Å². The Hall–Kier alpha value is -1.15. The van der Waals surface area contributed by atoms with E-state index < -0.39 is 16.0 Å². The average Bonchev–Trinajstić information content (AvgIpc) is 2.45. The van der Waals surface area contributed by atoms with Crippen molar-refractivity contribution in [2.75, 3.05) is 19.8 Å². The van der Waals surface area contributed by atoms with Crippen LogP contribution >= 0.6 is 11.6 Å². The molecule has 2 N–H and O–H groups in total. The van der Waals surface area contributed by atoms with Gasteiger partial charge < -0.3 is 9.47 Å². The van der Waals surface area contributed by atoms with Crippen molar-refractivity contribution in [1.82, 2.24) is 0 Å². The fourth-order valence-electron chi connectivity index (χ4n) is 2.02.